The highest BCUT2D eigenvalue weighted by Crippen LogP contribution is 2.27. The molecule has 1 unspecified atom stereocenters. The maximum atomic E-state index is 12.7. The standard InChI is InChI=1S/C36H44N8O2S/c1-6-44(7-2)35-23-19-33(20-24-35)41-39-31-15-11-29(12-16-31)37-38-30-13-17-32(18-14-30)40-42-34-21-25-36(26-22-34)47(45,46)43-28(5)10-8-9-27(3)4/h11-28,43H,6-10H2,1-5H3. The summed E-state index contributed by atoms with van der Waals surface area (Å²) < 4.78 is 28.3. The molecular formula is C36H44N8O2S. The Morgan fingerprint density at radius 3 is 1.23 bits per heavy atom. The lowest BCUT2D eigenvalue weighted by Crippen LogP contribution is -2.32. The third-order valence-electron chi connectivity index (χ3n) is 7.44. The van der Waals surface area contributed by atoms with Gasteiger partial charge in [-0.25, -0.2) is 13.1 Å². The lowest BCUT2D eigenvalue weighted by Gasteiger charge is -2.20. The van der Waals surface area contributed by atoms with Crippen LogP contribution < -0.4 is 9.62 Å². The quantitative estimate of drug-likeness (QED) is 0.121. The number of rotatable bonds is 16. The summed E-state index contributed by atoms with van der Waals surface area (Å²) in [6.45, 7) is 12.4. The largest absolute Gasteiger partial charge is 0.372 e. The average Bonchev–Trinajstić information content (AvgIpc) is 3.07. The van der Waals surface area contributed by atoms with Crippen LogP contribution >= 0.6 is 0 Å². The summed E-state index contributed by atoms with van der Waals surface area (Å²) in [5, 5.41) is 25.8. The van der Waals surface area contributed by atoms with Crippen molar-refractivity contribution < 1.29 is 8.42 Å². The Labute approximate surface area is 278 Å². The molecule has 10 nitrogen and oxygen atoms in total. The fourth-order valence-corrected chi connectivity index (χ4v) is 6.03. The summed E-state index contributed by atoms with van der Waals surface area (Å²) in [6, 6.07) is 28.8. The highest BCUT2D eigenvalue weighted by atomic mass is 32.2. The van der Waals surface area contributed by atoms with Crippen molar-refractivity contribution in [3.05, 3.63) is 97.1 Å². The zero-order valence-corrected chi connectivity index (χ0v) is 28.6. The molecule has 1 N–H and O–H groups in total. The van der Waals surface area contributed by atoms with Gasteiger partial charge in [0.1, 0.15) is 0 Å². The molecule has 47 heavy (non-hydrogen) atoms. The molecule has 0 aliphatic carbocycles. The Balaban J connectivity index is 1.27. The number of benzene rings is 4. The second-order valence-corrected chi connectivity index (χ2v) is 13.4. The van der Waals surface area contributed by atoms with Gasteiger partial charge in [-0.1, -0.05) is 26.7 Å². The molecule has 0 spiro atoms. The van der Waals surface area contributed by atoms with Gasteiger partial charge in [0.25, 0.3) is 0 Å². The molecule has 246 valence electrons. The van der Waals surface area contributed by atoms with Gasteiger partial charge in [0.2, 0.25) is 10.0 Å². The van der Waals surface area contributed by atoms with Crippen LogP contribution in [0.4, 0.5) is 39.8 Å². The molecule has 4 aromatic rings. The van der Waals surface area contributed by atoms with E-state index in [1.807, 2.05) is 43.3 Å². The first kappa shape index (κ1) is 35.2. The minimum Gasteiger partial charge on any atom is -0.372 e. The van der Waals surface area contributed by atoms with E-state index >= 15 is 0 Å². The highest BCUT2D eigenvalue weighted by molar-refractivity contribution is 7.89. The van der Waals surface area contributed by atoms with Gasteiger partial charge in [-0.3, -0.25) is 0 Å². The molecule has 11 heteroatoms. The van der Waals surface area contributed by atoms with Gasteiger partial charge < -0.3 is 4.90 Å². The van der Waals surface area contributed by atoms with E-state index in [1.165, 1.54) is 5.69 Å². The van der Waals surface area contributed by atoms with E-state index in [1.54, 1.807) is 48.5 Å². The molecule has 0 saturated carbocycles. The van der Waals surface area contributed by atoms with Crippen molar-refractivity contribution in [2.75, 3.05) is 18.0 Å². The normalized spacial score (nSPS) is 12.9. The van der Waals surface area contributed by atoms with Crippen LogP contribution in [0, 0.1) is 5.92 Å². The van der Waals surface area contributed by atoms with Crippen molar-refractivity contribution in [1.82, 2.24) is 4.72 Å². The van der Waals surface area contributed by atoms with E-state index in [0.717, 1.165) is 43.7 Å². The zero-order chi connectivity index (χ0) is 33.6. The number of hydrogen-bond donors (Lipinski definition) is 1. The minimum absolute atomic E-state index is 0.129. The van der Waals surface area contributed by atoms with E-state index in [2.05, 4.69) is 80.1 Å². The van der Waals surface area contributed by atoms with Crippen LogP contribution in [0.5, 0.6) is 0 Å². The van der Waals surface area contributed by atoms with E-state index in [4.69, 9.17) is 0 Å². The topological polar surface area (TPSA) is 124 Å². The molecular weight excluding hydrogens is 609 g/mol. The average molecular weight is 653 g/mol. The molecule has 0 fully saturated rings. The van der Waals surface area contributed by atoms with Crippen LogP contribution in [0.1, 0.15) is 53.9 Å². The van der Waals surface area contributed by atoms with Crippen LogP contribution in [0.3, 0.4) is 0 Å². The SMILES string of the molecule is CCN(CC)c1ccc(N=Nc2ccc(N=Nc3ccc(N=Nc4ccc(S(=O)(=O)NC(C)CCCC(C)C)cc4)cc3)cc2)cc1. The van der Waals surface area contributed by atoms with E-state index in [-0.39, 0.29) is 10.9 Å². The van der Waals surface area contributed by atoms with Crippen LogP contribution in [0.15, 0.2) is 133 Å². The second kappa shape index (κ2) is 17.3. The number of nitrogens with one attached hydrogen (secondary N) is 1. The molecule has 0 heterocycles. The summed E-state index contributed by atoms with van der Waals surface area (Å²) in [5.41, 5.74) is 5.23. The summed E-state index contributed by atoms with van der Waals surface area (Å²) in [6.07, 6.45) is 2.87. The van der Waals surface area contributed by atoms with Crippen LogP contribution in [0.2, 0.25) is 0 Å². The molecule has 0 aliphatic heterocycles. The van der Waals surface area contributed by atoms with Gasteiger partial charge in [0, 0.05) is 24.8 Å². The second-order valence-electron chi connectivity index (χ2n) is 11.7. The summed E-state index contributed by atoms with van der Waals surface area (Å²) in [4.78, 5) is 2.49. The van der Waals surface area contributed by atoms with E-state index in [9.17, 15) is 8.42 Å². The van der Waals surface area contributed by atoms with Crippen molar-refractivity contribution in [3.63, 3.8) is 0 Å². The third kappa shape index (κ3) is 11.3. The van der Waals surface area contributed by atoms with Gasteiger partial charge in [-0.2, -0.15) is 30.7 Å². The van der Waals surface area contributed by atoms with Gasteiger partial charge in [0.15, 0.2) is 0 Å². The van der Waals surface area contributed by atoms with Crippen molar-refractivity contribution in [1.29, 1.82) is 0 Å². The van der Waals surface area contributed by atoms with E-state index in [0.29, 0.717) is 28.7 Å². The van der Waals surface area contributed by atoms with Gasteiger partial charge in [-0.05, 0) is 130 Å². The molecule has 1 atom stereocenters. The first-order chi connectivity index (χ1) is 22.6. The Hall–Kier alpha value is -4.61. The first-order valence-corrected chi connectivity index (χ1v) is 17.6. The molecule has 0 aliphatic rings. The Kier molecular flexibility index (Phi) is 13.0. The summed E-state index contributed by atoms with van der Waals surface area (Å²) in [5.74, 6) is 0.607. The number of nitrogens with zero attached hydrogens (tertiary/aromatic N) is 7. The number of hydrogen-bond acceptors (Lipinski definition) is 9. The van der Waals surface area contributed by atoms with Crippen LogP contribution in [-0.4, -0.2) is 27.5 Å². The minimum atomic E-state index is -3.60. The summed E-state index contributed by atoms with van der Waals surface area (Å²) >= 11 is 0. The lowest BCUT2D eigenvalue weighted by atomic mass is 10.0. The summed E-state index contributed by atoms with van der Waals surface area (Å²) in [7, 11) is -3.60. The maximum Gasteiger partial charge on any atom is 0.240 e. The smallest absolute Gasteiger partial charge is 0.240 e. The Morgan fingerprint density at radius 2 is 0.894 bits per heavy atom. The van der Waals surface area contributed by atoms with Gasteiger partial charge in [0.05, 0.1) is 39.0 Å². The zero-order valence-electron chi connectivity index (χ0n) is 27.8. The molecule has 0 amide bonds. The predicted octanol–water partition coefficient (Wildman–Crippen LogP) is 11.3. The maximum absolute atomic E-state index is 12.7. The van der Waals surface area contributed by atoms with Crippen LogP contribution in [0.25, 0.3) is 0 Å². The molecule has 0 bridgehead atoms. The number of sulfonamides is 1. The van der Waals surface area contributed by atoms with Crippen molar-refractivity contribution in [3.8, 4) is 0 Å². The Bertz CT molecular complexity index is 1730. The van der Waals surface area contributed by atoms with Crippen molar-refractivity contribution in [2.24, 2.45) is 36.6 Å². The fourth-order valence-electron chi connectivity index (χ4n) is 4.75. The lowest BCUT2D eigenvalue weighted by molar-refractivity contribution is 0.488. The predicted molar refractivity (Wildman–Crippen MR) is 190 cm³/mol. The molecule has 4 rings (SSSR count). The number of anilines is 1. The number of azo groups is 3. The fraction of sp³-hybridized carbons (Fsp3) is 0.333. The van der Waals surface area contributed by atoms with Crippen LogP contribution in [-0.2, 0) is 10.0 Å². The molecule has 4 aromatic carbocycles. The van der Waals surface area contributed by atoms with Gasteiger partial charge in [-0.15, -0.1) is 0 Å². The molecule has 0 aromatic heterocycles. The monoisotopic (exact) mass is 652 g/mol. The Morgan fingerprint density at radius 1 is 0.553 bits per heavy atom. The third-order valence-corrected chi connectivity index (χ3v) is 9.05. The first-order valence-electron chi connectivity index (χ1n) is 16.1. The van der Waals surface area contributed by atoms with Crippen molar-refractivity contribution >= 4 is 49.8 Å². The molecule has 0 radical (unpaired) electrons. The molecule has 0 saturated heterocycles. The van der Waals surface area contributed by atoms with Crippen molar-refractivity contribution in [2.45, 2.75) is 64.8 Å². The van der Waals surface area contributed by atoms with E-state index < -0.39 is 10.0 Å². The highest BCUT2D eigenvalue weighted by Gasteiger charge is 2.17. The van der Waals surface area contributed by atoms with Gasteiger partial charge >= 0.3 is 0 Å².